The van der Waals surface area contributed by atoms with E-state index in [-0.39, 0.29) is 5.91 Å². The van der Waals surface area contributed by atoms with Gasteiger partial charge in [0.05, 0.1) is 0 Å². The van der Waals surface area contributed by atoms with Crippen LogP contribution < -0.4 is 0 Å². The Kier molecular flexibility index (Phi) is 5.40. The van der Waals surface area contributed by atoms with Crippen molar-refractivity contribution in [2.45, 2.75) is 25.7 Å². The van der Waals surface area contributed by atoms with Gasteiger partial charge in [-0.2, -0.15) is 0 Å². The van der Waals surface area contributed by atoms with Crippen LogP contribution in [0.5, 0.6) is 0 Å². The zero-order chi connectivity index (χ0) is 11.1. The van der Waals surface area contributed by atoms with Crippen molar-refractivity contribution in [1.29, 1.82) is 0 Å². The van der Waals surface area contributed by atoms with Crippen LogP contribution >= 0.6 is 0 Å². The maximum absolute atomic E-state index is 11.5. The Labute approximate surface area is 92.1 Å². The van der Waals surface area contributed by atoms with E-state index in [2.05, 4.69) is 6.58 Å². The summed E-state index contributed by atoms with van der Waals surface area (Å²) < 4.78 is 5.08. The van der Waals surface area contributed by atoms with Crippen molar-refractivity contribution in [2.75, 3.05) is 26.8 Å². The summed E-state index contributed by atoms with van der Waals surface area (Å²) in [5, 5.41) is 0. The van der Waals surface area contributed by atoms with E-state index in [4.69, 9.17) is 4.74 Å². The van der Waals surface area contributed by atoms with E-state index in [1.165, 1.54) is 18.9 Å². The number of amides is 1. The van der Waals surface area contributed by atoms with Crippen LogP contribution in [-0.4, -0.2) is 37.6 Å². The molecule has 1 saturated heterocycles. The number of hydrogen-bond donors (Lipinski definition) is 0. The summed E-state index contributed by atoms with van der Waals surface area (Å²) in [7, 11) is 1.73. The van der Waals surface area contributed by atoms with Crippen LogP contribution in [-0.2, 0) is 9.53 Å². The number of ether oxygens (including phenoxy) is 1. The number of carbonyl (C=O) groups is 1. The van der Waals surface area contributed by atoms with Crippen molar-refractivity contribution in [2.24, 2.45) is 5.92 Å². The van der Waals surface area contributed by atoms with Gasteiger partial charge in [0.2, 0.25) is 5.91 Å². The summed E-state index contributed by atoms with van der Waals surface area (Å²) in [4.78, 5) is 13.4. The minimum absolute atomic E-state index is 0.0688. The Morgan fingerprint density at radius 1 is 1.60 bits per heavy atom. The molecule has 1 amide bonds. The molecule has 3 heteroatoms. The summed E-state index contributed by atoms with van der Waals surface area (Å²) in [5.74, 6) is 0.663. The number of nitrogens with zero attached hydrogens (tertiary/aromatic N) is 1. The summed E-state index contributed by atoms with van der Waals surface area (Å²) >= 11 is 0. The van der Waals surface area contributed by atoms with Gasteiger partial charge in [0, 0.05) is 26.8 Å². The van der Waals surface area contributed by atoms with Crippen LogP contribution in [0.1, 0.15) is 25.7 Å². The molecule has 1 fully saturated rings. The molecule has 0 saturated carbocycles. The van der Waals surface area contributed by atoms with Crippen LogP contribution in [0, 0.1) is 5.92 Å². The molecule has 0 aromatic heterocycles. The molecule has 0 aromatic carbocycles. The van der Waals surface area contributed by atoms with E-state index in [0.717, 1.165) is 32.5 Å². The van der Waals surface area contributed by atoms with Crippen LogP contribution in [0.15, 0.2) is 12.7 Å². The first-order chi connectivity index (χ1) is 7.27. The first-order valence-electron chi connectivity index (χ1n) is 5.68. The van der Waals surface area contributed by atoms with Gasteiger partial charge in [0.15, 0.2) is 0 Å². The average Bonchev–Trinajstić information content (AvgIpc) is 2.50. The Morgan fingerprint density at radius 3 is 3.07 bits per heavy atom. The summed E-state index contributed by atoms with van der Waals surface area (Å²) in [6.07, 6.45) is 6.01. The predicted octanol–water partition coefficient (Wildman–Crippen LogP) is 1.84. The van der Waals surface area contributed by atoms with Crippen LogP contribution in [0.4, 0.5) is 0 Å². The number of carbonyl (C=O) groups excluding carboxylic acids is 1. The fourth-order valence-corrected chi connectivity index (χ4v) is 2.08. The minimum Gasteiger partial charge on any atom is -0.385 e. The van der Waals surface area contributed by atoms with Crippen LogP contribution in [0.3, 0.4) is 0 Å². The zero-order valence-electron chi connectivity index (χ0n) is 9.58. The normalized spacial score (nSPS) is 22.2. The van der Waals surface area contributed by atoms with Crippen molar-refractivity contribution >= 4 is 5.91 Å². The molecule has 0 bridgehead atoms. The number of methoxy groups -OCH3 is 1. The second-order valence-corrected chi connectivity index (χ2v) is 4.13. The van der Waals surface area contributed by atoms with Crippen molar-refractivity contribution in [3.8, 4) is 0 Å². The van der Waals surface area contributed by atoms with Crippen LogP contribution in [0.2, 0.25) is 0 Å². The third-order valence-corrected chi connectivity index (χ3v) is 2.99. The molecule has 0 N–H and O–H groups in total. The molecule has 0 aliphatic carbocycles. The average molecular weight is 211 g/mol. The van der Waals surface area contributed by atoms with Crippen molar-refractivity contribution in [3.63, 3.8) is 0 Å². The second kappa shape index (κ2) is 6.62. The molecule has 1 unspecified atom stereocenters. The van der Waals surface area contributed by atoms with Gasteiger partial charge in [-0.25, -0.2) is 0 Å². The second-order valence-electron chi connectivity index (χ2n) is 4.13. The molecule has 86 valence electrons. The van der Waals surface area contributed by atoms with E-state index in [1.54, 1.807) is 7.11 Å². The van der Waals surface area contributed by atoms with Crippen LogP contribution in [0.25, 0.3) is 0 Å². The van der Waals surface area contributed by atoms with Gasteiger partial charge in [-0.1, -0.05) is 13.0 Å². The molecule has 1 aliphatic heterocycles. The molecule has 15 heavy (non-hydrogen) atoms. The molecular formula is C12H21NO2. The summed E-state index contributed by atoms with van der Waals surface area (Å²) in [6, 6.07) is 0. The van der Waals surface area contributed by atoms with Gasteiger partial charge in [-0.3, -0.25) is 4.79 Å². The van der Waals surface area contributed by atoms with E-state index in [9.17, 15) is 4.79 Å². The van der Waals surface area contributed by atoms with E-state index in [0.29, 0.717) is 5.92 Å². The molecule has 1 aliphatic rings. The van der Waals surface area contributed by atoms with E-state index < -0.39 is 0 Å². The molecule has 3 nitrogen and oxygen atoms in total. The molecule has 0 radical (unpaired) electrons. The molecular weight excluding hydrogens is 190 g/mol. The minimum atomic E-state index is 0.0688. The lowest BCUT2D eigenvalue weighted by atomic mass is 10.00. The topological polar surface area (TPSA) is 29.5 Å². The lowest BCUT2D eigenvalue weighted by Gasteiger charge is -2.23. The monoisotopic (exact) mass is 211 g/mol. The molecule has 1 atom stereocenters. The predicted molar refractivity (Wildman–Crippen MR) is 60.6 cm³/mol. The smallest absolute Gasteiger partial charge is 0.245 e. The lowest BCUT2D eigenvalue weighted by molar-refractivity contribution is -0.126. The highest BCUT2D eigenvalue weighted by Gasteiger charge is 2.19. The van der Waals surface area contributed by atoms with Crippen molar-refractivity contribution < 1.29 is 9.53 Å². The van der Waals surface area contributed by atoms with Gasteiger partial charge in [-0.05, 0) is 31.3 Å². The van der Waals surface area contributed by atoms with Crippen molar-refractivity contribution in [3.05, 3.63) is 12.7 Å². The molecule has 1 heterocycles. The van der Waals surface area contributed by atoms with Gasteiger partial charge in [-0.15, -0.1) is 0 Å². The fraction of sp³-hybridized carbons (Fsp3) is 0.750. The van der Waals surface area contributed by atoms with Gasteiger partial charge in [0.25, 0.3) is 0 Å². The highest BCUT2D eigenvalue weighted by Crippen LogP contribution is 2.19. The highest BCUT2D eigenvalue weighted by molar-refractivity contribution is 5.86. The standard InChI is InChI=1S/C12H21NO2/c1-3-12(14)13-8-5-4-6-11(10-13)7-9-15-2/h3,11H,1,4-10H2,2H3. The SMILES string of the molecule is C=CC(=O)N1CCCCC(CCOC)C1. The Bertz CT molecular complexity index is 216. The molecule has 1 rings (SSSR count). The summed E-state index contributed by atoms with van der Waals surface area (Å²) in [5.41, 5.74) is 0. The maximum Gasteiger partial charge on any atom is 0.245 e. The first kappa shape index (κ1) is 12.2. The largest absolute Gasteiger partial charge is 0.385 e. The van der Waals surface area contributed by atoms with E-state index in [1.807, 2.05) is 4.90 Å². The Balaban J connectivity index is 2.45. The first-order valence-corrected chi connectivity index (χ1v) is 5.68. The molecule has 0 aromatic rings. The third kappa shape index (κ3) is 4.04. The Hall–Kier alpha value is -0.830. The maximum atomic E-state index is 11.5. The lowest BCUT2D eigenvalue weighted by Crippen LogP contribution is -2.33. The number of likely N-dealkylation sites (tertiary alicyclic amines) is 1. The van der Waals surface area contributed by atoms with Gasteiger partial charge >= 0.3 is 0 Å². The molecule has 0 spiro atoms. The quantitative estimate of drug-likeness (QED) is 0.664. The van der Waals surface area contributed by atoms with E-state index >= 15 is 0 Å². The fourth-order valence-electron chi connectivity index (χ4n) is 2.08. The zero-order valence-corrected chi connectivity index (χ0v) is 9.58. The Morgan fingerprint density at radius 2 is 2.40 bits per heavy atom. The summed E-state index contributed by atoms with van der Waals surface area (Å²) in [6.45, 7) is 6.08. The third-order valence-electron chi connectivity index (χ3n) is 2.99. The number of hydrogen-bond acceptors (Lipinski definition) is 2. The van der Waals surface area contributed by atoms with Gasteiger partial charge < -0.3 is 9.64 Å². The number of rotatable bonds is 4. The van der Waals surface area contributed by atoms with Crippen molar-refractivity contribution in [1.82, 2.24) is 4.90 Å². The van der Waals surface area contributed by atoms with Gasteiger partial charge in [0.1, 0.15) is 0 Å². The highest BCUT2D eigenvalue weighted by atomic mass is 16.5.